The molecule has 0 spiro atoms. The Morgan fingerprint density at radius 2 is 1.00 bits per heavy atom. The number of aliphatic hydroxyl groups excluding tert-OH is 1. The lowest BCUT2D eigenvalue weighted by atomic mass is 10.1. The van der Waals surface area contributed by atoms with E-state index < -0.39 is 0 Å². The molecule has 144 valence electrons. The quantitative estimate of drug-likeness (QED) is 0.227. The average molecular weight is 354 g/mol. The van der Waals surface area contributed by atoms with Crippen LogP contribution in [-0.2, 0) is 18.9 Å². The Morgan fingerprint density at radius 1 is 0.560 bits per heavy atom. The molecule has 25 heavy (non-hydrogen) atoms. The van der Waals surface area contributed by atoms with Crippen molar-refractivity contribution in [3.63, 3.8) is 0 Å². The minimum absolute atomic E-state index is 0.717. The van der Waals surface area contributed by atoms with E-state index in [4.69, 9.17) is 19.3 Å². The molecular weight excluding hydrogens is 320 g/mol. The molecule has 0 atom stereocenters. The zero-order valence-corrected chi connectivity index (χ0v) is 15.5. The molecule has 0 aromatic rings. The first-order valence-electron chi connectivity index (χ1n) is 9.24. The van der Waals surface area contributed by atoms with E-state index in [9.17, 15) is 0 Å². The van der Waals surface area contributed by atoms with E-state index >= 15 is 0 Å². The normalized spacial score (nSPS) is 11.9. The fourth-order valence-corrected chi connectivity index (χ4v) is 2.11. The predicted octanol–water partition coefficient (Wildman–Crippen LogP) is 6.42. The lowest BCUT2D eigenvalue weighted by Gasteiger charge is -2.02. The monoisotopic (exact) mass is 354 g/mol. The van der Waals surface area contributed by atoms with Crippen LogP contribution in [0.3, 0.4) is 0 Å². The summed E-state index contributed by atoms with van der Waals surface area (Å²) in [6.07, 6.45) is 23.3. The first kappa shape index (κ1) is 23.0. The van der Waals surface area contributed by atoms with Crippen LogP contribution in [0.5, 0.6) is 0 Å². The lowest BCUT2D eigenvalue weighted by Crippen LogP contribution is -1.88. The third kappa shape index (κ3) is 22.0. The minimum atomic E-state index is 0.717. The van der Waals surface area contributed by atoms with Crippen molar-refractivity contribution in [2.75, 3.05) is 6.61 Å². The molecule has 5 nitrogen and oxygen atoms in total. The van der Waals surface area contributed by atoms with Gasteiger partial charge >= 0.3 is 0 Å². The minimum Gasteiger partial charge on any atom is -0.512 e. The third-order valence-corrected chi connectivity index (χ3v) is 3.41. The lowest BCUT2D eigenvalue weighted by molar-refractivity contribution is 0.226. The van der Waals surface area contributed by atoms with Crippen LogP contribution in [0.1, 0.15) is 71.1 Å². The molecule has 0 saturated heterocycles. The van der Waals surface area contributed by atoms with Gasteiger partial charge in [0.05, 0.1) is 6.61 Å². The van der Waals surface area contributed by atoms with Crippen LogP contribution in [0.2, 0.25) is 0 Å². The molecule has 1 N–H and O–H groups in total. The molecule has 0 unspecified atom stereocenters. The van der Waals surface area contributed by atoms with Gasteiger partial charge in [0.2, 0.25) is 0 Å². The molecule has 0 fully saturated rings. The first-order chi connectivity index (χ1) is 12.4. The van der Waals surface area contributed by atoms with Crippen LogP contribution >= 0.6 is 0 Å². The fourth-order valence-electron chi connectivity index (χ4n) is 2.11. The van der Waals surface area contributed by atoms with Crippen LogP contribution in [0.25, 0.3) is 0 Å². The van der Waals surface area contributed by atoms with Crippen molar-refractivity contribution in [2.24, 2.45) is 0 Å². The van der Waals surface area contributed by atoms with E-state index in [1.54, 1.807) is 0 Å². The van der Waals surface area contributed by atoms with Crippen molar-refractivity contribution >= 4 is 0 Å². The summed E-state index contributed by atoms with van der Waals surface area (Å²) < 4.78 is 19.9. The van der Waals surface area contributed by atoms with E-state index in [2.05, 4.69) is 11.7 Å². The standard InChI is InChI=1S/C20H34O5/c1-2-3-4-5-6-7-8-9-10-11-13-22-15-17-24-19-20-25-18-16-23-14-12-21/h12,14-21H,2-11,13H2,1H3/b14-12+,17-15+,18-16+,20-19+. The van der Waals surface area contributed by atoms with Gasteiger partial charge in [0.25, 0.3) is 0 Å². The second-order valence-corrected chi connectivity index (χ2v) is 5.56. The predicted molar refractivity (Wildman–Crippen MR) is 100 cm³/mol. The summed E-state index contributed by atoms with van der Waals surface area (Å²) in [6, 6.07) is 0. The van der Waals surface area contributed by atoms with Crippen molar-refractivity contribution in [1.82, 2.24) is 0 Å². The maximum atomic E-state index is 8.29. The van der Waals surface area contributed by atoms with E-state index in [-0.39, 0.29) is 0 Å². The van der Waals surface area contributed by atoms with Gasteiger partial charge in [0.1, 0.15) is 50.1 Å². The summed E-state index contributed by atoms with van der Waals surface area (Å²) in [5.74, 6) is 0. The van der Waals surface area contributed by atoms with Crippen LogP contribution < -0.4 is 0 Å². The van der Waals surface area contributed by atoms with Crippen molar-refractivity contribution in [3.05, 3.63) is 50.1 Å². The molecule has 0 aromatic heterocycles. The van der Waals surface area contributed by atoms with Crippen LogP contribution in [0.4, 0.5) is 0 Å². The highest BCUT2D eigenvalue weighted by atomic mass is 16.5. The Bertz CT molecular complexity index is 361. The van der Waals surface area contributed by atoms with E-state index in [0.29, 0.717) is 0 Å². The Balaban J connectivity index is 3.21. The van der Waals surface area contributed by atoms with Gasteiger partial charge in [-0.05, 0) is 6.42 Å². The second kappa shape index (κ2) is 22.0. The Morgan fingerprint density at radius 3 is 1.52 bits per heavy atom. The van der Waals surface area contributed by atoms with Crippen molar-refractivity contribution in [1.29, 1.82) is 0 Å². The zero-order valence-electron chi connectivity index (χ0n) is 15.5. The second-order valence-electron chi connectivity index (χ2n) is 5.56. The molecule has 0 amide bonds. The van der Waals surface area contributed by atoms with Gasteiger partial charge in [-0.25, -0.2) is 0 Å². The molecule has 0 saturated carbocycles. The molecule has 0 aliphatic carbocycles. The summed E-state index contributed by atoms with van der Waals surface area (Å²) in [6.45, 7) is 2.97. The summed E-state index contributed by atoms with van der Waals surface area (Å²) in [5, 5.41) is 8.29. The summed E-state index contributed by atoms with van der Waals surface area (Å²) in [7, 11) is 0. The molecule has 0 bridgehead atoms. The van der Waals surface area contributed by atoms with Crippen LogP contribution in [-0.4, -0.2) is 11.7 Å². The van der Waals surface area contributed by atoms with Crippen molar-refractivity contribution < 1.29 is 24.1 Å². The van der Waals surface area contributed by atoms with Gasteiger partial charge in [-0.3, -0.25) is 0 Å². The third-order valence-electron chi connectivity index (χ3n) is 3.41. The smallest absolute Gasteiger partial charge is 0.125 e. The number of unbranched alkanes of at least 4 members (excludes halogenated alkanes) is 9. The molecule has 0 aliphatic rings. The molecule has 0 heterocycles. The van der Waals surface area contributed by atoms with Crippen molar-refractivity contribution in [2.45, 2.75) is 71.1 Å². The average Bonchev–Trinajstić information content (AvgIpc) is 2.63. The van der Waals surface area contributed by atoms with E-state index in [1.807, 2.05) is 0 Å². The molecule has 0 rings (SSSR count). The SMILES string of the molecule is CCCCCCCCCCCCO/C=C/O/C=C/O/C=C/O/C=C/O. The summed E-state index contributed by atoms with van der Waals surface area (Å²) >= 11 is 0. The Labute approximate surface area is 152 Å². The van der Waals surface area contributed by atoms with Gasteiger partial charge in [-0.15, -0.1) is 0 Å². The van der Waals surface area contributed by atoms with Gasteiger partial charge in [-0.2, -0.15) is 0 Å². The van der Waals surface area contributed by atoms with Crippen LogP contribution in [0.15, 0.2) is 50.1 Å². The van der Waals surface area contributed by atoms with Crippen LogP contribution in [0, 0.1) is 0 Å². The first-order valence-corrected chi connectivity index (χ1v) is 9.24. The van der Waals surface area contributed by atoms with Gasteiger partial charge in [-0.1, -0.05) is 64.7 Å². The number of ether oxygens (including phenoxy) is 4. The molecule has 5 heteroatoms. The highest BCUT2D eigenvalue weighted by Crippen LogP contribution is 2.10. The topological polar surface area (TPSA) is 57.2 Å². The molecule has 0 radical (unpaired) electrons. The molecular formula is C20H34O5. The van der Waals surface area contributed by atoms with E-state index in [1.165, 1.54) is 95.4 Å². The number of aliphatic hydroxyl groups is 1. The van der Waals surface area contributed by atoms with Gasteiger partial charge in [0, 0.05) is 0 Å². The summed E-state index contributed by atoms with van der Waals surface area (Å²) in [4.78, 5) is 0. The number of rotatable bonds is 18. The Kier molecular flexibility index (Phi) is 20.2. The van der Waals surface area contributed by atoms with E-state index in [0.717, 1.165) is 25.6 Å². The van der Waals surface area contributed by atoms with Gasteiger partial charge < -0.3 is 24.1 Å². The zero-order chi connectivity index (χ0) is 18.3. The maximum Gasteiger partial charge on any atom is 0.125 e. The van der Waals surface area contributed by atoms with Crippen molar-refractivity contribution in [3.8, 4) is 0 Å². The highest BCUT2D eigenvalue weighted by Gasteiger charge is 1.92. The molecule has 0 aliphatic heterocycles. The largest absolute Gasteiger partial charge is 0.512 e. The summed E-state index contributed by atoms with van der Waals surface area (Å²) in [5.41, 5.74) is 0. The Hall–Kier alpha value is -2.04. The van der Waals surface area contributed by atoms with Gasteiger partial charge in [0.15, 0.2) is 0 Å². The maximum absolute atomic E-state index is 8.29. The highest BCUT2D eigenvalue weighted by molar-refractivity contribution is 4.74. The fraction of sp³-hybridized carbons (Fsp3) is 0.600. The number of hydrogen-bond donors (Lipinski definition) is 1. The molecule has 0 aromatic carbocycles. The number of hydrogen-bond acceptors (Lipinski definition) is 5.